The molecule has 1 amide bonds. The Hall–Kier alpha value is -1.07. The van der Waals surface area contributed by atoms with Gasteiger partial charge in [0, 0.05) is 0 Å². The van der Waals surface area contributed by atoms with Gasteiger partial charge in [0.05, 0.1) is 5.25 Å². The van der Waals surface area contributed by atoms with E-state index in [1.165, 1.54) is 0 Å². The maximum Gasteiger partial charge on any atom is 0.460 e. The van der Waals surface area contributed by atoms with E-state index in [2.05, 4.69) is 0 Å². The van der Waals surface area contributed by atoms with Crippen LogP contribution in [0.15, 0.2) is 0 Å². The topological polar surface area (TPSA) is 63.2 Å². The summed E-state index contributed by atoms with van der Waals surface area (Å²) in [6.45, 7) is 1.80. The SMILES string of the molecule is CC(C)S(=O)(=O)NC(=O)C(F)(F)C(F)(F)C(F)(F)F. The molecule has 0 atom stereocenters. The second-order valence-corrected chi connectivity index (χ2v) is 5.91. The van der Waals surface area contributed by atoms with Gasteiger partial charge in [0.2, 0.25) is 10.0 Å². The molecule has 1 N–H and O–H groups in total. The van der Waals surface area contributed by atoms with Crippen molar-refractivity contribution >= 4 is 15.9 Å². The van der Waals surface area contributed by atoms with Gasteiger partial charge in [-0.05, 0) is 13.8 Å². The number of amides is 1. The Balaban J connectivity index is 5.42. The molecule has 0 spiro atoms. The summed E-state index contributed by atoms with van der Waals surface area (Å²) in [5, 5.41) is -1.48. The summed E-state index contributed by atoms with van der Waals surface area (Å²) < 4.78 is 108. The summed E-state index contributed by atoms with van der Waals surface area (Å²) in [7, 11) is -4.77. The molecule has 19 heavy (non-hydrogen) atoms. The lowest BCUT2D eigenvalue weighted by atomic mass is 10.1. The molecule has 0 aromatic carbocycles. The van der Waals surface area contributed by atoms with Crippen molar-refractivity contribution in [2.45, 2.75) is 37.1 Å². The highest BCUT2D eigenvalue weighted by molar-refractivity contribution is 7.90. The number of hydrogen-bond donors (Lipinski definition) is 1. The molecule has 0 aliphatic heterocycles. The molecule has 0 aromatic heterocycles. The van der Waals surface area contributed by atoms with Gasteiger partial charge in [-0.1, -0.05) is 0 Å². The van der Waals surface area contributed by atoms with Crippen LogP contribution in [0.5, 0.6) is 0 Å². The van der Waals surface area contributed by atoms with Crippen LogP contribution in [0, 0.1) is 0 Å². The number of hydrogen-bond acceptors (Lipinski definition) is 3. The Morgan fingerprint density at radius 2 is 1.37 bits per heavy atom. The zero-order chi connectivity index (χ0) is 15.9. The van der Waals surface area contributed by atoms with Crippen molar-refractivity contribution in [2.75, 3.05) is 0 Å². The van der Waals surface area contributed by atoms with E-state index in [9.17, 15) is 43.9 Å². The Bertz CT molecular complexity index is 454. The molecule has 0 radical (unpaired) electrons. The highest BCUT2D eigenvalue weighted by Crippen LogP contribution is 2.46. The third kappa shape index (κ3) is 3.28. The van der Waals surface area contributed by atoms with Crippen LogP contribution < -0.4 is 4.72 Å². The monoisotopic (exact) mass is 319 g/mol. The summed E-state index contributed by atoms with van der Waals surface area (Å²) in [5.41, 5.74) is 0. The number of carbonyl (C=O) groups is 1. The Morgan fingerprint density at radius 1 is 1.00 bits per heavy atom. The van der Waals surface area contributed by atoms with Crippen molar-refractivity contribution in [1.82, 2.24) is 4.72 Å². The van der Waals surface area contributed by atoms with Crippen LogP contribution in [-0.2, 0) is 14.8 Å². The first kappa shape index (κ1) is 17.9. The van der Waals surface area contributed by atoms with Gasteiger partial charge in [0.1, 0.15) is 0 Å². The molecule has 0 aliphatic rings. The number of carbonyl (C=O) groups excluding carboxylic acids is 1. The van der Waals surface area contributed by atoms with E-state index in [0.717, 1.165) is 13.8 Å². The van der Waals surface area contributed by atoms with E-state index in [1.807, 2.05) is 0 Å². The van der Waals surface area contributed by atoms with Crippen molar-refractivity contribution in [3.05, 3.63) is 0 Å². The molecule has 0 heterocycles. The molecular weight excluding hydrogens is 311 g/mol. The minimum absolute atomic E-state index is 0.477. The third-order valence-corrected chi connectivity index (χ3v) is 3.60. The van der Waals surface area contributed by atoms with E-state index in [-0.39, 0.29) is 0 Å². The lowest BCUT2D eigenvalue weighted by Gasteiger charge is -2.27. The number of halogens is 7. The molecule has 114 valence electrons. The fourth-order valence-corrected chi connectivity index (χ4v) is 1.25. The van der Waals surface area contributed by atoms with Gasteiger partial charge in [0.25, 0.3) is 0 Å². The van der Waals surface area contributed by atoms with Crippen LogP contribution in [0.3, 0.4) is 0 Å². The van der Waals surface area contributed by atoms with E-state index in [4.69, 9.17) is 0 Å². The van der Waals surface area contributed by atoms with Crippen LogP contribution in [-0.4, -0.2) is 37.6 Å². The van der Waals surface area contributed by atoms with Gasteiger partial charge in [0.15, 0.2) is 0 Å². The average molecular weight is 319 g/mol. The minimum Gasteiger partial charge on any atom is -0.267 e. The molecule has 0 unspecified atom stereocenters. The van der Waals surface area contributed by atoms with E-state index in [1.54, 1.807) is 0 Å². The number of sulfonamides is 1. The number of nitrogens with one attached hydrogen (secondary N) is 1. The van der Waals surface area contributed by atoms with Crippen molar-refractivity contribution in [3.63, 3.8) is 0 Å². The van der Waals surface area contributed by atoms with Gasteiger partial charge in [-0.25, -0.2) is 13.1 Å². The summed E-state index contributed by atoms with van der Waals surface area (Å²) >= 11 is 0. The van der Waals surface area contributed by atoms with Gasteiger partial charge in [-0.2, -0.15) is 30.7 Å². The van der Waals surface area contributed by atoms with Crippen LogP contribution >= 0.6 is 0 Å². The highest BCUT2D eigenvalue weighted by Gasteiger charge is 2.76. The fourth-order valence-electron chi connectivity index (χ4n) is 0.632. The van der Waals surface area contributed by atoms with Crippen molar-refractivity contribution < 1.29 is 43.9 Å². The van der Waals surface area contributed by atoms with Crippen LogP contribution in [0.2, 0.25) is 0 Å². The van der Waals surface area contributed by atoms with Crippen LogP contribution in [0.1, 0.15) is 13.8 Å². The van der Waals surface area contributed by atoms with Crippen molar-refractivity contribution in [2.24, 2.45) is 0 Å². The van der Waals surface area contributed by atoms with Gasteiger partial charge in [-0.3, -0.25) is 4.79 Å². The second kappa shape index (κ2) is 4.80. The average Bonchev–Trinajstić information content (AvgIpc) is 2.14. The van der Waals surface area contributed by atoms with Crippen LogP contribution in [0.4, 0.5) is 30.7 Å². The summed E-state index contributed by atoms with van der Waals surface area (Å²) in [6, 6.07) is 0. The normalized spacial score (nSPS) is 14.6. The maximum absolute atomic E-state index is 12.7. The van der Waals surface area contributed by atoms with Crippen molar-refractivity contribution in [1.29, 1.82) is 0 Å². The standard InChI is InChI=1S/C7H8F7NO3S/c1-3(2)19(17,18)15-4(16)5(8,9)6(10,11)7(12,13)14/h3H,1-2H3,(H,15,16). The molecule has 12 heteroatoms. The van der Waals surface area contributed by atoms with E-state index >= 15 is 0 Å². The number of rotatable bonds is 4. The van der Waals surface area contributed by atoms with E-state index in [0.29, 0.717) is 4.72 Å². The van der Waals surface area contributed by atoms with E-state index < -0.39 is 39.2 Å². The molecule has 0 fully saturated rings. The molecular formula is C7H8F7NO3S. The number of alkyl halides is 7. The quantitative estimate of drug-likeness (QED) is 0.802. The Kier molecular flexibility index (Phi) is 4.53. The summed E-state index contributed by atoms with van der Waals surface area (Å²) in [5.74, 6) is -16.2. The zero-order valence-corrected chi connectivity index (χ0v) is 10.2. The third-order valence-electron chi connectivity index (χ3n) is 1.89. The van der Waals surface area contributed by atoms with Crippen molar-refractivity contribution in [3.8, 4) is 0 Å². The maximum atomic E-state index is 12.7. The smallest absolute Gasteiger partial charge is 0.267 e. The lowest BCUT2D eigenvalue weighted by molar-refractivity contribution is -0.343. The van der Waals surface area contributed by atoms with Gasteiger partial charge < -0.3 is 0 Å². The Labute approximate surface area is 103 Å². The largest absolute Gasteiger partial charge is 0.460 e. The Morgan fingerprint density at radius 3 is 1.63 bits per heavy atom. The highest BCUT2D eigenvalue weighted by atomic mass is 32.2. The molecule has 4 nitrogen and oxygen atoms in total. The predicted octanol–water partition coefficient (Wildman–Crippen LogP) is 1.67. The first-order valence-electron chi connectivity index (χ1n) is 4.45. The molecule has 0 saturated carbocycles. The van der Waals surface area contributed by atoms with Gasteiger partial charge >= 0.3 is 23.9 Å². The predicted molar refractivity (Wildman–Crippen MR) is 48.1 cm³/mol. The summed E-state index contributed by atoms with van der Waals surface area (Å²) in [4.78, 5) is 10.7. The first-order valence-corrected chi connectivity index (χ1v) is 6.00. The fraction of sp³-hybridized carbons (Fsp3) is 0.857. The molecule has 0 bridgehead atoms. The molecule has 0 saturated heterocycles. The first-order chi connectivity index (χ1) is 8.07. The molecule has 0 aromatic rings. The second-order valence-electron chi connectivity index (χ2n) is 3.67. The van der Waals surface area contributed by atoms with Gasteiger partial charge in [-0.15, -0.1) is 0 Å². The molecule has 0 rings (SSSR count). The lowest BCUT2D eigenvalue weighted by Crippen LogP contribution is -2.60. The minimum atomic E-state index is -6.71. The molecule has 0 aliphatic carbocycles. The summed E-state index contributed by atoms with van der Waals surface area (Å²) in [6.07, 6.45) is -6.71. The zero-order valence-electron chi connectivity index (χ0n) is 9.36. The van der Waals surface area contributed by atoms with Crippen LogP contribution in [0.25, 0.3) is 0 Å².